The van der Waals surface area contributed by atoms with Crippen molar-refractivity contribution in [2.24, 2.45) is 5.92 Å². The van der Waals surface area contributed by atoms with Gasteiger partial charge in [0.1, 0.15) is 0 Å². The van der Waals surface area contributed by atoms with Crippen molar-refractivity contribution < 1.29 is 0 Å². The minimum absolute atomic E-state index is 1.00. The summed E-state index contributed by atoms with van der Waals surface area (Å²) in [6.07, 6.45) is 12.1. The van der Waals surface area contributed by atoms with E-state index in [0.717, 1.165) is 19.0 Å². The van der Waals surface area contributed by atoms with Gasteiger partial charge < -0.3 is 5.32 Å². The summed E-state index contributed by atoms with van der Waals surface area (Å²) in [5.74, 6) is 1.00. The van der Waals surface area contributed by atoms with E-state index in [2.05, 4.69) is 25.2 Å². The van der Waals surface area contributed by atoms with Crippen LogP contribution in [0, 0.1) is 5.92 Å². The number of hydrogen-bond acceptors (Lipinski definition) is 1. The molecule has 1 N–H and O–H groups in total. The zero-order chi connectivity index (χ0) is 10.9. The van der Waals surface area contributed by atoms with Gasteiger partial charge in [0.2, 0.25) is 0 Å². The van der Waals surface area contributed by atoms with Gasteiger partial charge in [-0.25, -0.2) is 0 Å². The lowest BCUT2D eigenvalue weighted by atomic mass is 9.98. The Hall–Kier alpha value is -0.300. The fourth-order valence-corrected chi connectivity index (χ4v) is 2.48. The van der Waals surface area contributed by atoms with Crippen LogP contribution in [0.3, 0.4) is 0 Å². The molecule has 15 heavy (non-hydrogen) atoms. The molecule has 0 aromatic heterocycles. The van der Waals surface area contributed by atoms with Crippen LogP contribution in [0.2, 0.25) is 0 Å². The summed E-state index contributed by atoms with van der Waals surface area (Å²) in [6.45, 7) is 6.83. The van der Waals surface area contributed by atoms with E-state index in [-0.39, 0.29) is 0 Å². The molecule has 0 heterocycles. The van der Waals surface area contributed by atoms with Crippen molar-refractivity contribution in [2.45, 2.75) is 58.8 Å². The van der Waals surface area contributed by atoms with Crippen LogP contribution in [0.15, 0.2) is 11.6 Å². The maximum Gasteiger partial charge on any atom is -0.00142 e. The second kappa shape index (κ2) is 7.92. The third-order valence-corrected chi connectivity index (χ3v) is 3.33. The molecular weight excluding hydrogens is 182 g/mol. The summed E-state index contributed by atoms with van der Waals surface area (Å²) in [5.41, 5.74) is 1.61. The van der Waals surface area contributed by atoms with Gasteiger partial charge >= 0.3 is 0 Å². The first kappa shape index (κ1) is 12.8. The maximum absolute atomic E-state index is 3.44. The van der Waals surface area contributed by atoms with Gasteiger partial charge in [0.25, 0.3) is 0 Å². The molecule has 1 saturated carbocycles. The zero-order valence-corrected chi connectivity index (χ0v) is 10.5. The summed E-state index contributed by atoms with van der Waals surface area (Å²) in [4.78, 5) is 0. The Morgan fingerprint density at radius 1 is 1.27 bits per heavy atom. The smallest absolute Gasteiger partial charge is 0.00142 e. The Bertz CT molecular complexity index is 178. The molecule has 0 unspecified atom stereocenters. The molecule has 1 heteroatoms. The SMILES string of the molecule is CCCNCCC=C(C)CC1CCCC1. The lowest BCUT2D eigenvalue weighted by molar-refractivity contribution is 0.542. The van der Waals surface area contributed by atoms with Gasteiger partial charge in [-0.1, -0.05) is 44.3 Å². The molecule has 0 spiro atoms. The second-order valence-corrected chi connectivity index (χ2v) is 4.94. The summed E-state index contributed by atoms with van der Waals surface area (Å²) in [5, 5.41) is 3.44. The molecule has 88 valence electrons. The van der Waals surface area contributed by atoms with E-state index >= 15 is 0 Å². The van der Waals surface area contributed by atoms with Crippen molar-refractivity contribution in [3.05, 3.63) is 11.6 Å². The highest BCUT2D eigenvalue weighted by Crippen LogP contribution is 2.29. The van der Waals surface area contributed by atoms with Crippen LogP contribution in [0.5, 0.6) is 0 Å². The topological polar surface area (TPSA) is 12.0 Å². The lowest BCUT2D eigenvalue weighted by Gasteiger charge is -2.09. The number of nitrogens with one attached hydrogen (secondary N) is 1. The van der Waals surface area contributed by atoms with Crippen molar-refractivity contribution in [1.29, 1.82) is 0 Å². The van der Waals surface area contributed by atoms with E-state index in [1.54, 1.807) is 5.57 Å². The fraction of sp³-hybridized carbons (Fsp3) is 0.857. The Kier molecular flexibility index (Phi) is 6.74. The average molecular weight is 209 g/mol. The van der Waals surface area contributed by atoms with E-state index in [4.69, 9.17) is 0 Å². The van der Waals surface area contributed by atoms with Crippen LogP contribution >= 0.6 is 0 Å². The molecule has 0 aromatic rings. The molecule has 0 atom stereocenters. The van der Waals surface area contributed by atoms with Crippen molar-refractivity contribution in [2.75, 3.05) is 13.1 Å². The van der Waals surface area contributed by atoms with E-state index in [1.165, 1.54) is 44.9 Å². The largest absolute Gasteiger partial charge is 0.316 e. The van der Waals surface area contributed by atoms with Crippen LogP contribution in [0.4, 0.5) is 0 Å². The second-order valence-electron chi connectivity index (χ2n) is 4.94. The third kappa shape index (κ3) is 5.99. The van der Waals surface area contributed by atoms with Gasteiger partial charge in [0, 0.05) is 0 Å². The van der Waals surface area contributed by atoms with Crippen LogP contribution in [-0.2, 0) is 0 Å². The van der Waals surface area contributed by atoms with Gasteiger partial charge in [-0.15, -0.1) is 0 Å². The highest BCUT2D eigenvalue weighted by molar-refractivity contribution is 5.00. The van der Waals surface area contributed by atoms with Gasteiger partial charge in [-0.2, -0.15) is 0 Å². The van der Waals surface area contributed by atoms with E-state index in [0.29, 0.717) is 0 Å². The molecule has 1 rings (SSSR count). The van der Waals surface area contributed by atoms with Crippen LogP contribution in [0.1, 0.15) is 58.8 Å². The number of rotatable bonds is 7. The van der Waals surface area contributed by atoms with Crippen molar-refractivity contribution in [3.63, 3.8) is 0 Å². The first-order valence-electron chi connectivity index (χ1n) is 6.69. The number of allylic oxidation sites excluding steroid dienone is 1. The van der Waals surface area contributed by atoms with Gasteiger partial charge in [-0.05, 0) is 45.2 Å². The molecule has 0 aliphatic heterocycles. The molecule has 1 aliphatic carbocycles. The highest BCUT2D eigenvalue weighted by Gasteiger charge is 2.14. The van der Waals surface area contributed by atoms with Gasteiger partial charge in [-0.3, -0.25) is 0 Å². The molecule has 0 radical (unpaired) electrons. The Morgan fingerprint density at radius 2 is 2.00 bits per heavy atom. The number of hydrogen-bond donors (Lipinski definition) is 1. The lowest BCUT2D eigenvalue weighted by Crippen LogP contribution is -2.15. The van der Waals surface area contributed by atoms with Crippen molar-refractivity contribution in [1.82, 2.24) is 5.32 Å². The Morgan fingerprint density at radius 3 is 2.67 bits per heavy atom. The monoisotopic (exact) mass is 209 g/mol. The summed E-state index contributed by atoms with van der Waals surface area (Å²) >= 11 is 0. The average Bonchev–Trinajstić information content (AvgIpc) is 2.70. The highest BCUT2D eigenvalue weighted by atomic mass is 14.8. The standard InChI is InChI=1S/C14H27N/c1-3-10-15-11-6-7-13(2)12-14-8-4-5-9-14/h7,14-15H,3-6,8-12H2,1-2H3. The van der Waals surface area contributed by atoms with E-state index in [9.17, 15) is 0 Å². The third-order valence-electron chi connectivity index (χ3n) is 3.33. The van der Waals surface area contributed by atoms with Gasteiger partial charge in [0.15, 0.2) is 0 Å². The summed E-state index contributed by atoms with van der Waals surface area (Å²) < 4.78 is 0. The first-order valence-corrected chi connectivity index (χ1v) is 6.69. The zero-order valence-electron chi connectivity index (χ0n) is 10.5. The Balaban J connectivity index is 2.04. The predicted molar refractivity (Wildman–Crippen MR) is 68.1 cm³/mol. The molecular formula is C14H27N. The van der Waals surface area contributed by atoms with Crippen LogP contribution < -0.4 is 5.32 Å². The minimum atomic E-state index is 1.00. The first-order chi connectivity index (χ1) is 7.33. The van der Waals surface area contributed by atoms with Crippen LogP contribution in [-0.4, -0.2) is 13.1 Å². The predicted octanol–water partition coefficient (Wildman–Crippen LogP) is 3.90. The van der Waals surface area contributed by atoms with Crippen LogP contribution in [0.25, 0.3) is 0 Å². The van der Waals surface area contributed by atoms with Gasteiger partial charge in [0.05, 0.1) is 0 Å². The summed E-state index contributed by atoms with van der Waals surface area (Å²) in [6, 6.07) is 0. The van der Waals surface area contributed by atoms with E-state index < -0.39 is 0 Å². The summed E-state index contributed by atoms with van der Waals surface area (Å²) in [7, 11) is 0. The molecule has 0 amide bonds. The molecule has 1 aliphatic rings. The maximum atomic E-state index is 3.44. The molecule has 0 saturated heterocycles. The van der Waals surface area contributed by atoms with Crippen molar-refractivity contribution in [3.8, 4) is 0 Å². The molecule has 0 bridgehead atoms. The molecule has 1 nitrogen and oxygen atoms in total. The Labute approximate surface area is 95.3 Å². The minimum Gasteiger partial charge on any atom is -0.316 e. The quantitative estimate of drug-likeness (QED) is 0.495. The van der Waals surface area contributed by atoms with E-state index in [1.807, 2.05) is 0 Å². The fourth-order valence-electron chi connectivity index (χ4n) is 2.48. The molecule has 0 aromatic carbocycles. The van der Waals surface area contributed by atoms with Crippen molar-refractivity contribution >= 4 is 0 Å². The molecule has 1 fully saturated rings. The normalized spacial score (nSPS) is 18.7.